The van der Waals surface area contributed by atoms with Crippen molar-refractivity contribution in [1.29, 1.82) is 0 Å². The van der Waals surface area contributed by atoms with Gasteiger partial charge in [0.25, 0.3) is 0 Å². The molecule has 6 heteroatoms. The summed E-state index contributed by atoms with van der Waals surface area (Å²) in [6, 6.07) is 14.9. The summed E-state index contributed by atoms with van der Waals surface area (Å²) in [5.74, 6) is -0.305. The summed E-state index contributed by atoms with van der Waals surface area (Å²) in [5.41, 5.74) is 2.20. The van der Waals surface area contributed by atoms with Gasteiger partial charge < -0.3 is 16.0 Å². The highest BCUT2D eigenvalue weighted by Crippen LogP contribution is 2.16. The number of benzene rings is 2. The predicted octanol–water partition coefficient (Wildman–Crippen LogP) is 3.94. The molecule has 0 aromatic heterocycles. The molecule has 0 aliphatic rings. The number of rotatable bonds is 6. The van der Waals surface area contributed by atoms with E-state index in [2.05, 4.69) is 38.5 Å². The van der Waals surface area contributed by atoms with Crippen LogP contribution in [0.5, 0.6) is 0 Å². The molecule has 0 unspecified atom stereocenters. The minimum Gasteiger partial charge on any atom is -0.376 e. The van der Waals surface area contributed by atoms with Crippen LogP contribution in [0.4, 0.5) is 17.1 Å². The van der Waals surface area contributed by atoms with Crippen LogP contribution in [-0.4, -0.2) is 18.4 Å². The third kappa shape index (κ3) is 5.84. The summed E-state index contributed by atoms with van der Waals surface area (Å²) in [6.07, 6.45) is 0. The third-order valence-corrected chi connectivity index (χ3v) is 3.95. The van der Waals surface area contributed by atoms with Crippen molar-refractivity contribution in [3.63, 3.8) is 0 Å². The van der Waals surface area contributed by atoms with Gasteiger partial charge in [-0.05, 0) is 65.1 Å². The van der Waals surface area contributed by atoms with Crippen molar-refractivity contribution in [1.82, 2.24) is 0 Å². The van der Waals surface area contributed by atoms with E-state index in [-0.39, 0.29) is 24.3 Å². The minimum absolute atomic E-state index is 0.0566. The van der Waals surface area contributed by atoms with Crippen LogP contribution in [0.1, 0.15) is 13.8 Å². The first-order valence-corrected chi connectivity index (χ1v) is 8.72. The van der Waals surface area contributed by atoms with Crippen molar-refractivity contribution in [2.45, 2.75) is 13.8 Å². The highest BCUT2D eigenvalue weighted by atomic mass is 127. The van der Waals surface area contributed by atoms with Gasteiger partial charge in [0.2, 0.25) is 11.8 Å². The van der Waals surface area contributed by atoms with Gasteiger partial charge >= 0.3 is 0 Å². The van der Waals surface area contributed by atoms with Crippen molar-refractivity contribution in [3.8, 4) is 0 Å². The van der Waals surface area contributed by atoms with Crippen LogP contribution in [0.25, 0.3) is 0 Å². The highest BCUT2D eigenvalue weighted by Gasteiger charge is 2.08. The zero-order valence-electron chi connectivity index (χ0n) is 13.6. The van der Waals surface area contributed by atoms with Gasteiger partial charge in [-0.1, -0.05) is 19.9 Å². The molecule has 0 saturated heterocycles. The van der Waals surface area contributed by atoms with E-state index in [0.717, 1.165) is 9.26 Å². The van der Waals surface area contributed by atoms with Crippen LogP contribution < -0.4 is 16.0 Å². The van der Waals surface area contributed by atoms with Crippen LogP contribution in [0.15, 0.2) is 48.5 Å². The first-order valence-electron chi connectivity index (χ1n) is 7.64. The standard InChI is InChI=1S/C18H20IN3O2/c1-12(2)18(24)22-16-5-3-4-15(10-16)21-17(23)11-20-14-8-6-13(19)7-9-14/h3-10,12,20H,11H2,1-2H3,(H,21,23)(H,22,24). The molecule has 0 bridgehead atoms. The normalized spacial score (nSPS) is 10.3. The van der Waals surface area contributed by atoms with Crippen LogP contribution in [0, 0.1) is 9.49 Å². The molecule has 0 spiro atoms. The molecule has 0 fully saturated rings. The molecule has 0 aliphatic carbocycles. The number of hydrogen-bond donors (Lipinski definition) is 3. The fourth-order valence-electron chi connectivity index (χ4n) is 1.92. The SMILES string of the molecule is CC(C)C(=O)Nc1cccc(NC(=O)CNc2ccc(I)cc2)c1. The van der Waals surface area contributed by atoms with Crippen LogP contribution >= 0.6 is 22.6 Å². The zero-order chi connectivity index (χ0) is 17.5. The maximum Gasteiger partial charge on any atom is 0.243 e. The maximum absolute atomic E-state index is 12.0. The Morgan fingerprint density at radius 2 is 1.58 bits per heavy atom. The molecule has 2 aromatic carbocycles. The number of hydrogen-bond acceptors (Lipinski definition) is 3. The Labute approximate surface area is 155 Å². The van der Waals surface area contributed by atoms with Gasteiger partial charge in [0.15, 0.2) is 0 Å². The second-order valence-corrected chi connectivity index (χ2v) is 6.88. The highest BCUT2D eigenvalue weighted by molar-refractivity contribution is 14.1. The summed E-state index contributed by atoms with van der Waals surface area (Å²) in [7, 11) is 0. The summed E-state index contributed by atoms with van der Waals surface area (Å²) in [5, 5.41) is 8.69. The molecule has 3 N–H and O–H groups in total. The van der Waals surface area contributed by atoms with E-state index < -0.39 is 0 Å². The Morgan fingerprint density at radius 1 is 0.958 bits per heavy atom. The van der Waals surface area contributed by atoms with E-state index in [1.54, 1.807) is 24.3 Å². The van der Waals surface area contributed by atoms with Crippen LogP contribution in [-0.2, 0) is 9.59 Å². The van der Waals surface area contributed by atoms with E-state index in [0.29, 0.717) is 11.4 Å². The number of carbonyl (C=O) groups is 2. The van der Waals surface area contributed by atoms with E-state index in [4.69, 9.17) is 0 Å². The molecular weight excluding hydrogens is 417 g/mol. The lowest BCUT2D eigenvalue weighted by Gasteiger charge is -2.11. The van der Waals surface area contributed by atoms with Crippen LogP contribution in [0.3, 0.4) is 0 Å². The van der Waals surface area contributed by atoms with E-state index >= 15 is 0 Å². The number of halogens is 1. The van der Waals surface area contributed by atoms with E-state index in [1.807, 2.05) is 38.1 Å². The molecule has 2 aromatic rings. The summed E-state index contributed by atoms with van der Waals surface area (Å²) in [6.45, 7) is 3.83. The largest absolute Gasteiger partial charge is 0.376 e. The van der Waals surface area contributed by atoms with Crippen molar-refractivity contribution >= 4 is 51.5 Å². The Morgan fingerprint density at radius 3 is 2.21 bits per heavy atom. The monoisotopic (exact) mass is 437 g/mol. The number of nitrogens with one attached hydrogen (secondary N) is 3. The molecule has 2 rings (SSSR count). The summed E-state index contributed by atoms with van der Waals surface area (Å²) in [4.78, 5) is 23.8. The Hall–Kier alpha value is -2.09. The Bertz CT molecular complexity index is 714. The molecule has 0 radical (unpaired) electrons. The second kappa shape index (κ2) is 8.68. The smallest absolute Gasteiger partial charge is 0.243 e. The topological polar surface area (TPSA) is 70.2 Å². The van der Waals surface area contributed by atoms with Gasteiger partial charge in [0.05, 0.1) is 6.54 Å². The Balaban J connectivity index is 1.89. The fraction of sp³-hybridized carbons (Fsp3) is 0.222. The van der Waals surface area contributed by atoms with Crippen molar-refractivity contribution < 1.29 is 9.59 Å². The zero-order valence-corrected chi connectivity index (χ0v) is 15.8. The third-order valence-electron chi connectivity index (χ3n) is 3.24. The molecule has 0 aliphatic heterocycles. The molecule has 2 amide bonds. The summed E-state index contributed by atoms with van der Waals surface area (Å²) < 4.78 is 1.14. The first-order chi connectivity index (χ1) is 11.4. The number of carbonyl (C=O) groups excluding carboxylic acids is 2. The van der Waals surface area contributed by atoms with E-state index in [9.17, 15) is 9.59 Å². The molecule has 5 nitrogen and oxygen atoms in total. The fourth-order valence-corrected chi connectivity index (χ4v) is 2.28. The van der Waals surface area contributed by atoms with Crippen molar-refractivity contribution in [3.05, 3.63) is 52.1 Å². The molecule has 126 valence electrons. The lowest BCUT2D eigenvalue weighted by atomic mass is 10.2. The molecule has 24 heavy (non-hydrogen) atoms. The van der Waals surface area contributed by atoms with Crippen LogP contribution in [0.2, 0.25) is 0 Å². The van der Waals surface area contributed by atoms with Gasteiger partial charge in [-0.2, -0.15) is 0 Å². The van der Waals surface area contributed by atoms with Gasteiger partial charge in [-0.25, -0.2) is 0 Å². The lowest BCUT2D eigenvalue weighted by molar-refractivity contribution is -0.119. The van der Waals surface area contributed by atoms with Crippen molar-refractivity contribution in [2.75, 3.05) is 22.5 Å². The minimum atomic E-state index is -0.152. The molecule has 0 heterocycles. The van der Waals surface area contributed by atoms with E-state index in [1.165, 1.54) is 0 Å². The van der Waals surface area contributed by atoms with Gasteiger partial charge in [0.1, 0.15) is 0 Å². The van der Waals surface area contributed by atoms with Crippen molar-refractivity contribution in [2.24, 2.45) is 5.92 Å². The Kier molecular flexibility index (Phi) is 6.60. The summed E-state index contributed by atoms with van der Waals surface area (Å²) >= 11 is 2.23. The predicted molar refractivity (Wildman–Crippen MR) is 106 cm³/mol. The number of amides is 2. The second-order valence-electron chi connectivity index (χ2n) is 5.63. The average molecular weight is 437 g/mol. The molecule has 0 atom stereocenters. The van der Waals surface area contributed by atoms with Gasteiger partial charge in [0, 0.05) is 26.6 Å². The number of anilines is 3. The quantitative estimate of drug-likeness (QED) is 0.600. The van der Waals surface area contributed by atoms with Gasteiger partial charge in [-0.15, -0.1) is 0 Å². The lowest BCUT2D eigenvalue weighted by Crippen LogP contribution is -2.22. The molecule has 0 saturated carbocycles. The average Bonchev–Trinajstić information content (AvgIpc) is 2.54. The van der Waals surface area contributed by atoms with Gasteiger partial charge in [-0.3, -0.25) is 9.59 Å². The maximum atomic E-state index is 12.0. The molecular formula is C18H20IN3O2. The first kappa shape index (κ1) is 18.3.